The van der Waals surface area contributed by atoms with E-state index in [1.165, 1.54) is 12.1 Å². The van der Waals surface area contributed by atoms with Gasteiger partial charge in [-0.1, -0.05) is 6.07 Å². The molecular weight excluding hydrogens is 351 g/mol. The Balaban J connectivity index is 1.86. The van der Waals surface area contributed by atoms with Crippen molar-refractivity contribution in [3.63, 3.8) is 0 Å². The number of rotatable bonds is 5. The van der Waals surface area contributed by atoms with Crippen molar-refractivity contribution in [1.82, 2.24) is 0 Å². The maximum absolute atomic E-state index is 12.1. The highest BCUT2D eigenvalue weighted by molar-refractivity contribution is 5.95. The van der Waals surface area contributed by atoms with E-state index in [1.807, 2.05) is 13.8 Å². The molecule has 8 heteroatoms. The molecule has 0 saturated carbocycles. The second kappa shape index (κ2) is 7.90. The number of benzene rings is 2. The van der Waals surface area contributed by atoms with Gasteiger partial charge in [0, 0.05) is 5.69 Å². The molecule has 0 spiro atoms. The summed E-state index contributed by atoms with van der Waals surface area (Å²) in [7, 11) is 0. The van der Waals surface area contributed by atoms with Gasteiger partial charge in [0.25, 0.3) is 5.91 Å². The third-order valence-electron chi connectivity index (χ3n) is 3.45. The van der Waals surface area contributed by atoms with Gasteiger partial charge in [-0.25, -0.2) is 4.79 Å². The van der Waals surface area contributed by atoms with Crippen LogP contribution in [-0.2, 0) is 9.53 Å². The largest absolute Gasteiger partial charge is 0.573 e. The van der Waals surface area contributed by atoms with Crippen LogP contribution in [-0.4, -0.2) is 24.8 Å². The predicted molar refractivity (Wildman–Crippen MR) is 88.0 cm³/mol. The summed E-state index contributed by atoms with van der Waals surface area (Å²) in [4.78, 5) is 23.7. The van der Waals surface area contributed by atoms with Gasteiger partial charge < -0.3 is 14.8 Å². The zero-order chi connectivity index (χ0) is 19.3. The highest BCUT2D eigenvalue weighted by Crippen LogP contribution is 2.23. The van der Waals surface area contributed by atoms with E-state index in [0.717, 1.165) is 23.3 Å². The van der Waals surface area contributed by atoms with Crippen molar-refractivity contribution in [3.8, 4) is 5.75 Å². The molecule has 0 fully saturated rings. The van der Waals surface area contributed by atoms with Gasteiger partial charge in [-0.3, -0.25) is 4.79 Å². The summed E-state index contributed by atoms with van der Waals surface area (Å²) in [5.74, 6) is -1.67. The quantitative estimate of drug-likeness (QED) is 0.812. The van der Waals surface area contributed by atoms with Gasteiger partial charge in [0.15, 0.2) is 6.61 Å². The fourth-order valence-corrected chi connectivity index (χ4v) is 2.02. The smallest absolute Gasteiger partial charge is 0.452 e. The molecule has 1 amide bonds. The van der Waals surface area contributed by atoms with Crippen LogP contribution in [0.3, 0.4) is 0 Å². The first-order valence-electron chi connectivity index (χ1n) is 7.54. The maximum atomic E-state index is 12.1. The molecule has 0 aliphatic heterocycles. The first-order valence-corrected chi connectivity index (χ1v) is 7.54. The number of esters is 1. The lowest BCUT2D eigenvalue weighted by molar-refractivity contribution is -0.274. The van der Waals surface area contributed by atoms with E-state index in [9.17, 15) is 22.8 Å². The van der Waals surface area contributed by atoms with Crippen LogP contribution in [0.5, 0.6) is 5.75 Å². The van der Waals surface area contributed by atoms with Crippen molar-refractivity contribution in [1.29, 1.82) is 0 Å². The molecule has 0 radical (unpaired) electrons. The van der Waals surface area contributed by atoms with Crippen molar-refractivity contribution in [2.24, 2.45) is 0 Å². The third kappa shape index (κ3) is 5.80. The number of alkyl halides is 3. The Hall–Kier alpha value is -3.03. The molecule has 5 nitrogen and oxygen atoms in total. The van der Waals surface area contributed by atoms with Crippen molar-refractivity contribution in [2.45, 2.75) is 20.2 Å². The lowest BCUT2D eigenvalue weighted by atomic mass is 10.1. The molecule has 0 aromatic heterocycles. The summed E-state index contributed by atoms with van der Waals surface area (Å²) in [6.07, 6.45) is -4.78. The first-order chi connectivity index (χ1) is 12.1. The van der Waals surface area contributed by atoms with E-state index < -0.39 is 30.6 Å². The van der Waals surface area contributed by atoms with Gasteiger partial charge in [-0.05, 0) is 61.4 Å². The molecule has 0 atom stereocenters. The van der Waals surface area contributed by atoms with Crippen molar-refractivity contribution in [3.05, 3.63) is 59.2 Å². The molecule has 138 valence electrons. The van der Waals surface area contributed by atoms with Crippen molar-refractivity contribution >= 4 is 17.6 Å². The number of amides is 1. The Bertz CT molecular complexity index is 801. The van der Waals surface area contributed by atoms with Crippen molar-refractivity contribution in [2.75, 3.05) is 11.9 Å². The Kier molecular flexibility index (Phi) is 5.86. The first kappa shape index (κ1) is 19.3. The molecule has 0 unspecified atom stereocenters. The lowest BCUT2D eigenvalue weighted by Crippen LogP contribution is -2.21. The van der Waals surface area contributed by atoms with E-state index >= 15 is 0 Å². The highest BCUT2D eigenvalue weighted by Gasteiger charge is 2.30. The number of anilines is 1. The normalized spacial score (nSPS) is 11.0. The Morgan fingerprint density at radius 1 is 1.00 bits per heavy atom. The standard InChI is InChI=1S/C18H16F3NO4/c1-11-3-4-13(9-12(11)2)17(24)25-10-16(23)22-14-5-7-15(8-6-14)26-18(19,20)21/h3-9H,10H2,1-2H3,(H,22,23). The fraction of sp³-hybridized carbons (Fsp3) is 0.222. The van der Waals surface area contributed by atoms with Gasteiger partial charge in [0.05, 0.1) is 5.56 Å². The lowest BCUT2D eigenvalue weighted by Gasteiger charge is -2.10. The molecule has 2 aromatic carbocycles. The third-order valence-corrected chi connectivity index (χ3v) is 3.45. The molecule has 0 aliphatic carbocycles. The number of aryl methyl sites for hydroxylation is 2. The van der Waals surface area contributed by atoms with Crippen LogP contribution in [0.2, 0.25) is 0 Å². The van der Waals surface area contributed by atoms with Gasteiger partial charge >= 0.3 is 12.3 Å². The molecule has 2 aromatic rings. The number of carbonyl (C=O) groups excluding carboxylic acids is 2. The molecule has 0 aliphatic rings. The van der Waals surface area contributed by atoms with Crippen LogP contribution in [0.1, 0.15) is 21.5 Å². The van der Waals surface area contributed by atoms with E-state index in [1.54, 1.807) is 18.2 Å². The maximum Gasteiger partial charge on any atom is 0.573 e. The molecule has 0 bridgehead atoms. The zero-order valence-corrected chi connectivity index (χ0v) is 14.0. The van der Waals surface area contributed by atoms with Gasteiger partial charge in [0.1, 0.15) is 5.75 Å². The van der Waals surface area contributed by atoms with Gasteiger partial charge in [-0.15, -0.1) is 13.2 Å². The van der Waals surface area contributed by atoms with E-state index in [0.29, 0.717) is 5.56 Å². The summed E-state index contributed by atoms with van der Waals surface area (Å²) in [6, 6.07) is 9.64. The van der Waals surface area contributed by atoms with E-state index in [-0.39, 0.29) is 5.69 Å². The van der Waals surface area contributed by atoms with Crippen LogP contribution >= 0.6 is 0 Å². The second-order valence-electron chi connectivity index (χ2n) is 5.50. The van der Waals surface area contributed by atoms with Crippen LogP contribution in [0.15, 0.2) is 42.5 Å². The average molecular weight is 367 g/mol. The summed E-state index contributed by atoms with van der Waals surface area (Å²) in [5.41, 5.74) is 2.52. The summed E-state index contributed by atoms with van der Waals surface area (Å²) >= 11 is 0. The number of nitrogens with one attached hydrogen (secondary N) is 1. The Morgan fingerprint density at radius 2 is 1.65 bits per heavy atom. The topological polar surface area (TPSA) is 64.6 Å². The number of carbonyl (C=O) groups is 2. The summed E-state index contributed by atoms with van der Waals surface area (Å²) < 4.78 is 44.9. The molecule has 0 heterocycles. The average Bonchev–Trinajstić information content (AvgIpc) is 2.55. The second-order valence-corrected chi connectivity index (χ2v) is 5.50. The summed E-state index contributed by atoms with van der Waals surface area (Å²) in [6.45, 7) is 3.24. The highest BCUT2D eigenvalue weighted by atomic mass is 19.4. The Morgan fingerprint density at radius 3 is 2.23 bits per heavy atom. The SMILES string of the molecule is Cc1ccc(C(=O)OCC(=O)Nc2ccc(OC(F)(F)F)cc2)cc1C. The van der Waals surface area contributed by atoms with Gasteiger partial charge in [0.2, 0.25) is 0 Å². The monoisotopic (exact) mass is 367 g/mol. The minimum absolute atomic E-state index is 0.242. The predicted octanol–water partition coefficient (Wildman–Crippen LogP) is 4.00. The minimum atomic E-state index is -4.78. The van der Waals surface area contributed by atoms with Gasteiger partial charge in [-0.2, -0.15) is 0 Å². The number of halogens is 3. The molecule has 1 N–H and O–H groups in total. The molecular formula is C18H16F3NO4. The minimum Gasteiger partial charge on any atom is -0.452 e. The van der Waals surface area contributed by atoms with Crippen LogP contribution < -0.4 is 10.1 Å². The molecule has 26 heavy (non-hydrogen) atoms. The van der Waals surface area contributed by atoms with Crippen molar-refractivity contribution < 1.29 is 32.2 Å². The molecule has 2 rings (SSSR count). The number of hydrogen-bond acceptors (Lipinski definition) is 4. The van der Waals surface area contributed by atoms with Crippen LogP contribution in [0.4, 0.5) is 18.9 Å². The van der Waals surface area contributed by atoms with Crippen LogP contribution in [0, 0.1) is 13.8 Å². The Labute approximate surface area is 147 Å². The molecule has 0 saturated heterocycles. The summed E-state index contributed by atoms with van der Waals surface area (Å²) in [5, 5.41) is 2.41. The zero-order valence-electron chi connectivity index (χ0n) is 14.0. The van der Waals surface area contributed by atoms with E-state index in [4.69, 9.17) is 4.74 Å². The number of ether oxygens (including phenoxy) is 2. The van der Waals surface area contributed by atoms with E-state index in [2.05, 4.69) is 10.1 Å². The number of hydrogen-bond donors (Lipinski definition) is 1. The van der Waals surface area contributed by atoms with Crippen LogP contribution in [0.25, 0.3) is 0 Å². The fourth-order valence-electron chi connectivity index (χ4n) is 2.02.